The van der Waals surface area contributed by atoms with E-state index in [2.05, 4.69) is 10.6 Å². The van der Waals surface area contributed by atoms with E-state index in [-0.39, 0.29) is 19.1 Å². The van der Waals surface area contributed by atoms with Gasteiger partial charge in [-0.05, 0) is 18.2 Å². The smallest absolute Gasteiger partial charge is 0.253 e. The number of nitrogens with two attached hydrogens (primary N) is 1. The summed E-state index contributed by atoms with van der Waals surface area (Å²) in [4.78, 5) is 11.6. The van der Waals surface area contributed by atoms with E-state index in [1.54, 1.807) is 18.2 Å². The van der Waals surface area contributed by atoms with Gasteiger partial charge in [0.25, 0.3) is 5.91 Å². The largest absolute Gasteiger partial charge is 0.399 e. The van der Waals surface area contributed by atoms with Gasteiger partial charge in [0.15, 0.2) is 0 Å². The monoisotopic (exact) mass is 239 g/mol. The van der Waals surface area contributed by atoms with Gasteiger partial charge in [0.05, 0.1) is 24.8 Å². The molecule has 0 aromatic heterocycles. The molecule has 1 aromatic rings. The van der Waals surface area contributed by atoms with Crippen molar-refractivity contribution in [3.05, 3.63) is 23.8 Å². The fourth-order valence-electron chi connectivity index (χ4n) is 1.38. The highest BCUT2D eigenvalue weighted by molar-refractivity contribution is 6.00. The van der Waals surface area contributed by atoms with Crippen molar-refractivity contribution in [3.8, 4) is 0 Å². The van der Waals surface area contributed by atoms with E-state index in [0.29, 0.717) is 16.9 Å². The second-order valence-electron chi connectivity index (χ2n) is 3.59. The number of aliphatic hydroxyl groups is 2. The van der Waals surface area contributed by atoms with E-state index in [1.807, 2.05) is 0 Å². The molecule has 0 heterocycles. The minimum Gasteiger partial charge on any atom is -0.399 e. The molecule has 94 valence electrons. The van der Waals surface area contributed by atoms with Crippen molar-refractivity contribution in [2.45, 2.75) is 6.04 Å². The molecule has 6 nitrogen and oxygen atoms in total. The van der Waals surface area contributed by atoms with Crippen LogP contribution in [-0.4, -0.2) is 42.4 Å². The molecule has 0 aliphatic heterocycles. The predicted molar refractivity (Wildman–Crippen MR) is 65.8 cm³/mol. The number of carbonyl (C=O) groups is 1. The molecular formula is C11H17N3O3. The van der Waals surface area contributed by atoms with E-state index in [0.717, 1.165) is 0 Å². The maximum atomic E-state index is 11.6. The van der Waals surface area contributed by atoms with Gasteiger partial charge in [-0.2, -0.15) is 0 Å². The highest BCUT2D eigenvalue weighted by Gasteiger charge is 2.13. The summed E-state index contributed by atoms with van der Waals surface area (Å²) in [6.45, 7) is -0.475. The first-order valence-electron chi connectivity index (χ1n) is 5.22. The first kappa shape index (κ1) is 13.3. The highest BCUT2D eigenvalue weighted by atomic mass is 16.3. The van der Waals surface area contributed by atoms with Gasteiger partial charge in [0.2, 0.25) is 0 Å². The number of hydrogen-bond acceptors (Lipinski definition) is 5. The molecule has 17 heavy (non-hydrogen) atoms. The summed E-state index contributed by atoms with van der Waals surface area (Å²) in [5.74, 6) is -0.262. The number of hydrogen-bond donors (Lipinski definition) is 5. The standard InChI is InChI=1S/C11H17N3O3/c1-13-11(17)9-3-2-7(12)4-10(9)14-8(5-15)6-16/h2-4,8,14-16H,5-6,12H2,1H3,(H,13,17). The fraction of sp³-hybridized carbons (Fsp3) is 0.364. The lowest BCUT2D eigenvalue weighted by Crippen LogP contribution is -2.29. The van der Waals surface area contributed by atoms with Gasteiger partial charge in [-0.1, -0.05) is 0 Å². The van der Waals surface area contributed by atoms with Crippen LogP contribution < -0.4 is 16.4 Å². The zero-order valence-electron chi connectivity index (χ0n) is 9.60. The van der Waals surface area contributed by atoms with Gasteiger partial charge < -0.3 is 26.6 Å². The molecule has 6 heteroatoms. The van der Waals surface area contributed by atoms with Crippen LogP contribution in [0.5, 0.6) is 0 Å². The molecule has 0 saturated heterocycles. The number of anilines is 2. The summed E-state index contributed by atoms with van der Waals surface area (Å²) in [5.41, 5.74) is 7.02. The predicted octanol–water partition coefficient (Wildman–Crippen LogP) is -0.606. The van der Waals surface area contributed by atoms with Crippen LogP contribution >= 0.6 is 0 Å². The summed E-state index contributed by atoms with van der Waals surface area (Å²) in [5, 5.41) is 23.3. The van der Waals surface area contributed by atoms with Crippen LogP contribution in [0.2, 0.25) is 0 Å². The van der Waals surface area contributed by atoms with Crippen molar-refractivity contribution in [2.75, 3.05) is 31.3 Å². The van der Waals surface area contributed by atoms with Crippen molar-refractivity contribution in [1.82, 2.24) is 5.32 Å². The van der Waals surface area contributed by atoms with Crippen LogP contribution in [0.3, 0.4) is 0 Å². The topological polar surface area (TPSA) is 108 Å². The molecule has 0 aliphatic rings. The first-order chi connectivity index (χ1) is 8.12. The minimum atomic E-state index is -0.528. The Morgan fingerprint density at radius 3 is 2.59 bits per heavy atom. The van der Waals surface area contributed by atoms with E-state index in [4.69, 9.17) is 15.9 Å². The third-order valence-electron chi connectivity index (χ3n) is 2.32. The Balaban J connectivity index is 3.02. The Kier molecular flexibility index (Phi) is 4.74. The molecule has 0 spiro atoms. The Morgan fingerprint density at radius 2 is 2.06 bits per heavy atom. The van der Waals surface area contributed by atoms with Gasteiger partial charge >= 0.3 is 0 Å². The lowest BCUT2D eigenvalue weighted by Gasteiger charge is -2.17. The van der Waals surface area contributed by atoms with Crippen LogP contribution in [0.1, 0.15) is 10.4 Å². The molecule has 0 bridgehead atoms. The average Bonchev–Trinajstić information content (AvgIpc) is 2.35. The Labute approximate surface area is 99.4 Å². The van der Waals surface area contributed by atoms with Gasteiger partial charge in [0, 0.05) is 18.4 Å². The molecule has 0 unspecified atom stereocenters. The Morgan fingerprint density at radius 1 is 1.41 bits per heavy atom. The zero-order chi connectivity index (χ0) is 12.8. The number of aliphatic hydroxyl groups excluding tert-OH is 2. The Hall–Kier alpha value is -1.79. The molecule has 0 radical (unpaired) electrons. The molecule has 0 fully saturated rings. The quantitative estimate of drug-likeness (QED) is 0.441. The number of benzene rings is 1. The number of rotatable bonds is 5. The van der Waals surface area contributed by atoms with Gasteiger partial charge in [-0.3, -0.25) is 4.79 Å². The molecule has 1 amide bonds. The van der Waals surface area contributed by atoms with Crippen LogP contribution in [0, 0.1) is 0 Å². The number of amides is 1. The maximum absolute atomic E-state index is 11.6. The fourth-order valence-corrected chi connectivity index (χ4v) is 1.38. The number of nitrogen functional groups attached to an aromatic ring is 1. The van der Waals surface area contributed by atoms with E-state index in [9.17, 15) is 4.79 Å². The van der Waals surface area contributed by atoms with Crippen molar-refractivity contribution < 1.29 is 15.0 Å². The zero-order valence-corrected chi connectivity index (χ0v) is 9.60. The molecule has 0 aliphatic carbocycles. The molecular weight excluding hydrogens is 222 g/mol. The molecule has 6 N–H and O–H groups in total. The van der Waals surface area contributed by atoms with Gasteiger partial charge in [-0.15, -0.1) is 0 Å². The number of nitrogens with one attached hydrogen (secondary N) is 2. The average molecular weight is 239 g/mol. The first-order valence-corrected chi connectivity index (χ1v) is 5.22. The van der Waals surface area contributed by atoms with Crippen molar-refractivity contribution >= 4 is 17.3 Å². The second-order valence-corrected chi connectivity index (χ2v) is 3.59. The molecule has 1 aromatic carbocycles. The van der Waals surface area contributed by atoms with E-state index in [1.165, 1.54) is 7.05 Å². The van der Waals surface area contributed by atoms with Gasteiger partial charge in [-0.25, -0.2) is 0 Å². The molecule has 0 saturated carbocycles. The van der Waals surface area contributed by atoms with Crippen LogP contribution in [0.15, 0.2) is 18.2 Å². The molecule has 0 atom stereocenters. The van der Waals surface area contributed by atoms with E-state index < -0.39 is 6.04 Å². The van der Waals surface area contributed by atoms with Crippen LogP contribution in [0.4, 0.5) is 11.4 Å². The highest BCUT2D eigenvalue weighted by Crippen LogP contribution is 2.20. The summed E-state index contributed by atoms with van der Waals surface area (Å²) < 4.78 is 0. The summed E-state index contributed by atoms with van der Waals surface area (Å²) >= 11 is 0. The van der Waals surface area contributed by atoms with Gasteiger partial charge in [0.1, 0.15) is 0 Å². The third-order valence-corrected chi connectivity index (χ3v) is 2.32. The van der Waals surface area contributed by atoms with Crippen molar-refractivity contribution in [2.24, 2.45) is 0 Å². The van der Waals surface area contributed by atoms with Crippen molar-refractivity contribution in [3.63, 3.8) is 0 Å². The summed E-state index contributed by atoms with van der Waals surface area (Å²) in [6.07, 6.45) is 0. The van der Waals surface area contributed by atoms with Crippen LogP contribution in [0.25, 0.3) is 0 Å². The van der Waals surface area contributed by atoms with E-state index >= 15 is 0 Å². The maximum Gasteiger partial charge on any atom is 0.253 e. The molecule has 1 rings (SSSR count). The minimum absolute atomic E-state index is 0.238. The lowest BCUT2D eigenvalue weighted by molar-refractivity contribution is 0.0963. The van der Waals surface area contributed by atoms with Crippen molar-refractivity contribution in [1.29, 1.82) is 0 Å². The summed E-state index contributed by atoms with van der Waals surface area (Å²) in [7, 11) is 1.53. The third kappa shape index (κ3) is 3.33. The number of carbonyl (C=O) groups excluding carboxylic acids is 1. The second kappa shape index (κ2) is 6.07. The Bertz CT molecular complexity index is 392. The summed E-state index contributed by atoms with van der Waals surface area (Å²) in [6, 6.07) is 4.26. The van der Waals surface area contributed by atoms with Crippen LogP contribution in [-0.2, 0) is 0 Å². The SMILES string of the molecule is CNC(=O)c1ccc(N)cc1NC(CO)CO. The lowest BCUT2D eigenvalue weighted by atomic mass is 10.1. The normalized spacial score (nSPS) is 10.4.